The molecule has 23 heavy (non-hydrogen) atoms. The third kappa shape index (κ3) is 3.40. The van der Waals surface area contributed by atoms with Gasteiger partial charge in [0.05, 0.1) is 17.8 Å². The summed E-state index contributed by atoms with van der Waals surface area (Å²) < 4.78 is 5.18. The second-order valence-corrected chi connectivity index (χ2v) is 6.17. The number of aromatic nitrogens is 1. The molecule has 0 aliphatic heterocycles. The Balaban J connectivity index is 1.91. The summed E-state index contributed by atoms with van der Waals surface area (Å²) >= 11 is 1.39. The number of carbonyl (C=O) groups excluding carboxylic acids is 1. The average molecular weight is 324 g/mol. The standard InChI is InChI=1S/C18H16N2O2S/c1-12-19-16(13-7-4-3-5-8-13)17(23-12)18(21)20-14-9-6-10-15(11-14)22-2/h3-11H,1-2H3,(H,20,21). The Morgan fingerprint density at radius 2 is 1.91 bits per heavy atom. The Morgan fingerprint density at radius 3 is 2.65 bits per heavy atom. The van der Waals surface area contributed by atoms with Gasteiger partial charge in [0.1, 0.15) is 10.6 Å². The molecule has 0 bridgehead atoms. The van der Waals surface area contributed by atoms with Crippen LogP contribution in [0.2, 0.25) is 0 Å². The molecule has 0 unspecified atom stereocenters. The lowest BCUT2D eigenvalue weighted by Gasteiger charge is -2.07. The summed E-state index contributed by atoms with van der Waals surface area (Å²) in [7, 11) is 1.60. The third-order valence-electron chi connectivity index (χ3n) is 3.32. The van der Waals surface area contributed by atoms with Gasteiger partial charge in [-0.3, -0.25) is 4.79 Å². The molecule has 3 rings (SSSR count). The lowest BCUT2D eigenvalue weighted by Crippen LogP contribution is -2.11. The number of thiazole rings is 1. The van der Waals surface area contributed by atoms with Crippen molar-refractivity contribution >= 4 is 22.9 Å². The Bertz CT molecular complexity index is 828. The zero-order chi connectivity index (χ0) is 16.2. The van der Waals surface area contributed by atoms with Gasteiger partial charge in [0.15, 0.2) is 0 Å². The molecule has 0 radical (unpaired) electrons. The number of ether oxygens (including phenoxy) is 1. The fourth-order valence-electron chi connectivity index (χ4n) is 2.26. The smallest absolute Gasteiger partial charge is 0.268 e. The number of anilines is 1. The van der Waals surface area contributed by atoms with E-state index in [0.29, 0.717) is 22.0 Å². The van der Waals surface area contributed by atoms with Crippen LogP contribution in [0.15, 0.2) is 54.6 Å². The molecule has 116 valence electrons. The molecule has 4 nitrogen and oxygen atoms in total. The van der Waals surface area contributed by atoms with Crippen molar-refractivity contribution in [3.63, 3.8) is 0 Å². The molecule has 0 aliphatic rings. The van der Waals surface area contributed by atoms with Crippen molar-refractivity contribution in [2.24, 2.45) is 0 Å². The molecule has 1 aromatic heterocycles. The first-order chi connectivity index (χ1) is 11.2. The van der Waals surface area contributed by atoms with Gasteiger partial charge in [-0.2, -0.15) is 0 Å². The largest absolute Gasteiger partial charge is 0.497 e. The molecule has 1 heterocycles. The minimum atomic E-state index is -0.164. The average Bonchev–Trinajstić information content (AvgIpc) is 2.98. The molecule has 1 amide bonds. The molecule has 5 heteroatoms. The Kier molecular flexibility index (Phi) is 4.39. The second kappa shape index (κ2) is 6.62. The molecular formula is C18H16N2O2S. The summed E-state index contributed by atoms with van der Waals surface area (Å²) in [6.45, 7) is 1.90. The molecule has 0 fully saturated rings. The maximum atomic E-state index is 12.6. The Labute approximate surface area is 138 Å². The zero-order valence-corrected chi connectivity index (χ0v) is 13.7. The van der Waals surface area contributed by atoms with Crippen LogP contribution in [0.1, 0.15) is 14.7 Å². The van der Waals surface area contributed by atoms with Crippen LogP contribution in [0.3, 0.4) is 0 Å². The summed E-state index contributed by atoms with van der Waals surface area (Å²) in [5.41, 5.74) is 2.35. The highest BCUT2D eigenvalue weighted by atomic mass is 32.1. The van der Waals surface area contributed by atoms with Gasteiger partial charge >= 0.3 is 0 Å². The molecule has 0 atom stereocenters. The maximum Gasteiger partial charge on any atom is 0.268 e. The molecular weight excluding hydrogens is 308 g/mol. The van der Waals surface area contributed by atoms with Gasteiger partial charge in [0, 0.05) is 17.3 Å². The van der Waals surface area contributed by atoms with E-state index in [0.717, 1.165) is 10.6 Å². The zero-order valence-electron chi connectivity index (χ0n) is 12.9. The lowest BCUT2D eigenvalue weighted by molar-refractivity contribution is 0.103. The van der Waals surface area contributed by atoms with E-state index in [1.807, 2.05) is 55.5 Å². The van der Waals surface area contributed by atoms with Crippen LogP contribution >= 0.6 is 11.3 Å². The van der Waals surface area contributed by atoms with Crippen molar-refractivity contribution in [1.82, 2.24) is 4.98 Å². The van der Waals surface area contributed by atoms with Crippen LogP contribution in [-0.2, 0) is 0 Å². The van der Waals surface area contributed by atoms with Crippen molar-refractivity contribution < 1.29 is 9.53 Å². The first kappa shape index (κ1) is 15.2. The van der Waals surface area contributed by atoms with E-state index >= 15 is 0 Å². The number of aryl methyl sites for hydroxylation is 1. The van der Waals surface area contributed by atoms with Crippen LogP contribution in [-0.4, -0.2) is 18.0 Å². The SMILES string of the molecule is COc1cccc(NC(=O)c2sc(C)nc2-c2ccccc2)c1. The maximum absolute atomic E-state index is 12.6. The number of nitrogens with one attached hydrogen (secondary N) is 1. The Hall–Kier alpha value is -2.66. The van der Waals surface area contributed by atoms with E-state index in [1.165, 1.54) is 11.3 Å². The molecule has 0 saturated heterocycles. The lowest BCUT2D eigenvalue weighted by atomic mass is 10.1. The van der Waals surface area contributed by atoms with E-state index < -0.39 is 0 Å². The summed E-state index contributed by atoms with van der Waals surface area (Å²) in [5.74, 6) is 0.536. The van der Waals surface area contributed by atoms with Gasteiger partial charge in [-0.05, 0) is 19.1 Å². The summed E-state index contributed by atoms with van der Waals surface area (Å²) in [5, 5.41) is 3.77. The quantitative estimate of drug-likeness (QED) is 0.775. The van der Waals surface area contributed by atoms with Crippen LogP contribution in [0.5, 0.6) is 5.75 Å². The first-order valence-electron chi connectivity index (χ1n) is 7.15. The fraction of sp³-hybridized carbons (Fsp3) is 0.111. The van der Waals surface area contributed by atoms with E-state index in [-0.39, 0.29) is 5.91 Å². The number of methoxy groups -OCH3 is 1. The van der Waals surface area contributed by atoms with Crippen molar-refractivity contribution in [2.75, 3.05) is 12.4 Å². The number of benzene rings is 2. The van der Waals surface area contributed by atoms with Gasteiger partial charge in [0.2, 0.25) is 0 Å². The second-order valence-electron chi connectivity index (χ2n) is 4.96. The fourth-order valence-corrected chi connectivity index (χ4v) is 3.10. The predicted molar refractivity (Wildman–Crippen MR) is 93.2 cm³/mol. The van der Waals surface area contributed by atoms with Crippen LogP contribution in [0.25, 0.3) is 11.3 Å². The van der Waals surface area contributed by atoms with Gasteiger partial charge in [-0.1, -0.05) is 36.4 Å². The number of nitrogens with zero attached hydrogens (tertiary/aromatic N) is 1. The molecule has 0 saturated carbocycles. The number of rotatable bonds is 4. The first-order valence-corrected chi connectivity index (χ1v) is 7.97. The monoisotopic (exact) mass is 324 g/mol. The number of carbonyl (C=O) groups is 1. The summed E-state index contributed by atoms with van der Waals surface area (Å²) in [6, 6.07) is 17.0. The van der Waals surface area contributed by atoms with E-state index in [9.17, 15) is 4.79 Å². The normalized spacial score (nSPS) is 10.3. The van der Waals surface area contributed by atoms with Crippen molar-refractivity contribution in [3.8, 4) is 17.0 Å². The van der Waals surface area contributed by atoms with Gasteiger partial charge in [-0.25, -0.2) is 4.98 Å². The van der Waals surface area contributed by atoms with E-state index in [4.69, 9.17) is 4.74 Å². The van der Waals surface area contributed by atoms with E-state index in [1.54, 1.807) is 13.2 Å². The minimum Gasteiger partial charge on any atom is -0.497 e. The summed E-state index contributed by atoms with van der Waals surface area (Å²) in [4.78, 5) is 17.8. The van der Waals surface area contributed by atoms with Crippen molar-refractivity contribution in [3.05, 3.63) is 64.5 Å². The number of hydrogen-bond donors (Lipinski definition) is 1. The third-order valence-corrected chi connectivity index (χ3v) is 4.28. The predicted octanol–water partition coefficient (Wildman–Crippen LogP) is 4.38. The molecule has 3 aromatic rings. The Morgan fingerprint density at radius 1 is 1.13 bits per heavy atom. The molecule has 2 aromatic carbocycles. The molecule has 1 N–H and O–H groups in total. The minimum absolute atomic E-state index is 0.164. The molecule has 0 aliphatic carbocycles. The van der Waals surface area contributed by atoms with Crippen LogP contribution in [0, 0.1) is 6.92 Å². The van der Waals surface area contributed by atoms with Gasteiger partial charge < -0.3 is 10.1 Å². The van der Waals surface area contributed by atoms with Crippen molar-refractivity contribution in [2.45, 2.75) is 6.92 Å². The highest BCUT2D eigenvalue weighted by molar-refractivity contribution is 7.14. The van der Waals surface area contributed by atoms with Crippen LogP contribution < -0.4 is 10.1 Å². The topological polar surface area (TPSA) is 51.2 Å². The van der Waals surface area contributed by atoms with Crippen LogP contribution in [0.4, 0.5) is 5.69 Å². The van der Waals surface area contributed by atoms with E-state index in [2.05, 4.69) is 10.3 Å². The summed E-state index contributed by atoms with van der Waals surface area (Å²) in [6.07, 6.45) is 0. The number of hydrogen-bond acceptors (Lipinski definition) is 4. The van der Waals surface area contributed by atoms with Crippen molar-refractivity contribution in [1.29, 1.82) is 0 Å². The molecule has 0 spiro atoms. The van der Waals surface area contributed by atoms with Gasteiger partial charge in [0.25, 0.3) is 5.91 Å². The van der Waals surface area contributed by atoms with Gasteiger partial charge in [-0.15, -0.1) is 11.3 Å². The highest BCUT2D eigenvalue weighted by Gasteiger charge is 2.18. The number of amides is 1. The highest BCUT2D eigenvalue weighted by Crippen LogP contribution is 2.29.